The van der Waals surface area contributed by atoms with Crippen molar-refractivity contribution in [3.8, 4) is 5.75 Å². The number of hydrogen-bond acceptors (Lipinski definition) is 3. The van der Waals surface area contributed by atoms with Gasteiger partial charge in [-0.3, -0.25) is 4.79 Å². The van der Waals surface area contributed by atoms with Crippen molar-refractivity contribution in [2.75, 3.05) is 26.7 Å². The lowest BCUT2D eigenvalue weighted by molar-refractivity contribution is -0.119. The maximum atomic E-state index is 14.2. The number of halogens is 2. The summed E-state index contributed by atoms with van der Waals surface area (Å²) < 4.78 is 19.3. The molecule has 0 aliphatic heterocycles. The van der Waals surface area contributed by atoms with Crippen molar-refractivity contribution < 1.29 is 13.9 Å². The number of carbonyl (C=O) groups is 1. The van der Waals surface area contributed by atoms with Crippen molar-refractivity contribution in [3.05, 3.63) is 65.5 Å². The van der Waals surface area contributed by atoms with Crippen LogP contribution in [0.4, 0.5) is 4.39 Å². The average Bonchev–Trinajstić information content (AvgIpc) is 3.55. The molecule has 1 fully saturated rings. The third-order valence-electron chi connectivity index (χ3n) is 5.27. The number of ether oxygens (including phenoxy) is 1. The second-order valence-electron chi connectivity index (χ2n) is 7.43. The highest BCUT2D eigenvalue weighted by atomic mass is 127. The summed E-state index contributed by atoms with van der Waals surface area (Å²) in [5, 5.41) is 9.27. The van der Waals surface area contributed by atoms with Gasteiger partial charge in [-0.1, -0.05) is 30.3 Å². The van der Waals surface area contributed by atoms with Crippen LogP contribution in [0, 0.1) is 5.82 Å². The molecule has 8 heteroatoms. The van der Waals surface area contributed by atoms with E-state index in [1.165, 1.54) is 6.07 Å². The zero-order valence-electron chi connectivity index (χ0n) is 17.9. The maximum absolute atomic E-state index is 14.2. The lowest BCUT2D eigenvalue weighted by Crippen LogP contribution is -2.42. The summed E-state index contributed by atoms with van der Waals surface area (Å²) in [6.07, 6.45) is 1.87. The zero-order valence-corrected chi connectivity index (χ0v) is 20.2. The quantitative estimate of drug-likeness (QED) is 0.259. The third-order valence-corrected chi connectivity index (χ3v) is 5.27. The molecule has 0 heterocycles. The van der Waals surface area contributed by atoms with Crippen LogP contribution in [-0.2, 0) is 16.8 Å². The fraction of sp³-hybridized carbons (Fsp3) is 0.391. The molecule has 2 aromatic carbocycles. The molecule has 168 valence electrons. The Morgan fingerprint density at radius 3 is 2.42 bits per heavy atom. The Kier molecular flexibility index (Phi) is 9.54. The van der Waals surface area contributed by atoms with Crippen LogP contribution in [0.1, 0.15) is 30.9 Å². The van der Waals surface area contributed by atoms with Gasteiger partial charge >= 0.3 is 0 Å². The molecule has 6 nitrogen and oxygen atoms in total. The smallest absolute Gasteiger partial charge is 0.242 e. The number of amides is 1. The SMILES string of the molecule is CCNC(=NCC(=O)NCc1ccc(OC)cc1)NCC1(c2ccccc2F)CC1.I. The Labute approximate surface area is 200 Å². The molecule has 1 aliphatic carbocycles. The molecule has 3 N–H and O–H groups in total. The molecule has 0 saturated heterocycles. The molecule has 3 rings (SSSR count). The highest BCUT2D eigenvalue weighted by Gasteiger charge is 2.45. The van der Waals surface area contributed by atoms with E-state index in [1.54, 1.807) is 13.2 Å². The first kappa shape index (κ1) is 24.9. The number of nitrogens with zero attached hydrogens (tertiary/aromatic N) is 1. The largest absolute Gasteiger partial charge is 0.497 e. The molecule has 1 amide bonds. The standard InChI is InChI=1S/C23H29FN4O2.HI/c1-3-25-22(28-16-23(12-13-23)19-6-4-5-7-20(19)24)27-15-21(29)26-14-17-8-10-18(30-2)11-9-17;/h4-11H,3,12-16H2,1-2H3,(H,26,29)(H2,25,27,28);1H. The summed E-state index contributed by atoms with van der Waals surface area (Å²) in [6, 6.07) is 14.5. The second-order valence-corrected chi connectivity index (χ2v) is 7.43. The molecule has 0 spiro atoms. The van der Waals surface area contributed by atoms with Crippen LogP contribution in [-0.4, -0.2) is 38.6 Å². The van der Waals surface area contributed by atoms with Crippen LogP contribution in [0.15, 0.2) is 53.5 Å². The van der Waals surface area contributed by atoms with Crippen LogP contribution in [0.25, 0.3) is 0 Å². The third kappa shape index (κ3) is 7.09. The van der Waals surface area contributed by atoms with Gasteiger partial charge in [0.2, 0.25) is 5.91 Å². The van der Waals surface area contributed by atoms with Crippen LogP contribution < -0.4 is 20.7 Å². The average molecular weight is 540 g/mol. The molecule has 2 aromatic rings. The Morgan fingerprint density at radius 1 is 1.10 bits per heavy atom. The van der Waals surface area contributed by atoms with Crippen molar-refractivity contribution in [1.29, 1.82) is 0 Å². The number of nitrogens with one attached hydrogen (secondary N) is 3. The maximum Gasteiger partial charge on any atom is 0.242 e. The lowest BCUT2D eigenvalue weighted by Gasteiger charge is -2.19. The van der Waals surface area contributed by atoms with Gasteiger partial charge in [-0.15, -0.1) is 24.0 Å². The van der Waals surface area contributed by atoms with Gasteiger partial charge in [-0.2, -0.15) is 0 Å². The van der Waals surface area contributed by atoms with E-state index in [2.05, 4.69) is 20.9 Å². The van der Waals surface area contributed by atoms with Gasteiger partial charge in [-0.25, -0.2) is 9.38 Å². The molecular weight excluding hydrogens is 510 g/mol. The topological polar surface area (TPSA) is 74.8 Å². The minimum atomic E-state index is -0.196. The van der Waals surface area contributed by atoms with E-state index >= 15 is 0 Å². The molecule has 0 bridgehead atoms. The van der Waals surface area contributed by atoms with Crippen molar-refractivity contribution in [3.63, 3.8) is 0 Å². The van der Waals surface area contributed by atoms with Gasteiger partial charge < -0.3 is 20.7 Å². The molecule has 0 aromatic heterocycles. The van der Waals surface area contributed by atoms with Crippen molar-refractivity contribution in [1.82, 2.24) is 16.0 Å². The molecule has 0 radical (unpaired) electrons. The molecular formula is C23H30FIN4O2. The van der Waals surface area contributed by atoms with E-state index in [-0.39, 0.29) is 47.7 Å². The second kappa shape index (κ2) is 11.9. The van der Waals surface area contributed by atoms with Gasteiger partial charge in [0.1, 0.15) is 18.1 Å². The van der Waals surface area contributed by atoms with Gasteiger partial charge in [-0.05, 0) is 49.1 Å². The van der Waals surface area contributed by atoms with E-state index in [9.17, 15) is 9.18 Å². The molecule has 1 saturated carbocycles. The Bertz CT molecular complexity index is 885. The molecule has 0 atom stereocenters. The number of guanidine groups is 1. The first-order valence-electron chi connectivity index (χ1n) is 10.2. The highest BCUT2D eigenvalue weighted by Crippen LogP contribution is 2.48. The number of aliphatic imine (C=N–C) groups is 1. The van der Waals surface area contributed by atoms with Gasteiger partial charge in [0, 0.05) is 25.0 Å². The Balaban J connectivity index is 0.00000341. The van der Waals surface area contributed by atoms with Crippen LogP contribution >= 0.6 is 24.0 Å². The predicted octanol–water partition coefficient (Wildman–Crippen LogP) is 3.36. The first-order chi connectivity index (χ1) is 14.6. The summed E-state index contributed by atoms with van der Waals surface area (Å²) in [5.74, 6) is 0.995. The highest BCUT2D eigenvalue weighted by molar-refractivity contribution is 14.0. The molecule has 0 unspecified atom stereocenters. The summed E-state index contributed by atoms with van der Waals surface area (Å²) in [7, 11) is 1.62. The van der Waals surface area contributed by atoms with Crippen molar-refractivity contribution in [2.24, 2.45) is 4.99 Å². The van der Waals surface area contributed by atoms with Gasteiger partial charge in [0.15, 0.2) is 5.96 Å². The first-order valence-corrected chi connectivity index (χ1v) is 10.2. The van der Waals surface area contributed by atoms with E-state index in [1.807, 2.05) is 43.3 Å². The summed E-state index contributed by atoms with van der Waals surface area (Å²) >= 11 is 0. The fourth-order valence-corrected chi connectivity index (χ4v) is 3.33. The number of carbonyl (C=O) groups excluding carboxylic acids is 1. The normalized spacial score (nSPS) is 14.2. The van der Waals surface area contributed by atoms with Crippen LogP contribution in [0.2, 0.25) is 0 Å². The zero-order chi connectivity index (χ0) is 21.4. The molecule has 1 aliphatic rings. The summed E-state index contributed by atoms with van der Waals surface area (Å²) in [4.78, 5) is 16.5. The fourth-order valence-electron chi connectivity index (χ4n) is 3.33. The Morgan fingerprint density at radius 2 is 1.81 bits per heavy atom. The number of methoxy groups -OCH3 is 1. The van der Waals surface area contributed by atoms with E-state index in [4.69, 9.17) is 4.74 Å². The molecule has 31 heavy (non-hydrogen) atoms. The van der Waals surface area contributed by atoms with E-state index < -0.39 is 0 Å². The van der Waals surface area contributed by atoms with E-state index in [0.717, 1.165) is 29.7 Å². The predicted molar refractivity (Wildman–Crippen MR) is 132 cm³/mol. The number of rotatable bonds is 9. The number of benzene rings is 2. The minimum Gasteiger partial charge on any atom is -0.497 e. The van der Waals surface area contributed by atoms with Crippen molar-refractivity contribution >= 4 is 35.8 Å². The van der Waals surface area contributed by atoms with Crippen molar-refractivity contribution in [2.45, 2.75) is 31.7 Å². The van der Waals surface area contributed by atoms with Crippen LogP contribution in [0.3, 0.4) is 0 Å². The van der Waals surface area contributed by atoms with Crippen LogP contribution in [0.5, 0.6) is 5.75 Å². The lowest BCUT2D eigenvalue weighted by atomic mass is 9.95. The van der Waals surface area contributed by atoms with Gasteiger partial charge in [0.25, 0.3) is 0 Å². The van der Waals surface area contributed by atoms with Gasteiger partial charge in [0.05, 0.1) is 7.11 Å². The minimum absolute atomic E-state index is 0. The van der Waals surface area contributed by atoms with E-state index in [0.29, 0.717) is 25.6 Å². The monoisotopic (exact) mass is 540 g/mol. The Hall–Kier alpha value is -2.36. The number of hydrogen-bond donors (Lipinski definition) is 3. The summed E-state index contributed by atoms with van der Waals surface area (Å²) in [6.45, 7) is 3.65. The summed E-state index contributed by atoms with van der Waals surface area (Å²) in [5.41, 5.74) is 1.53.